The monoisotopic (exact) mass is 216 g/mol. The lowest BCUT2D eigenvalue weighted by molar-refractivity contribution is 0.631. The molecule has 0 saturated heterocycles. The second kappa shape index (κ2) is 3.19. The molecule has 0 aromatic carbocycles. The van der Waals surface area contributed by atoms with E-state index < -0.39 is 0 Å². The van der Waals surface area contributed by atoms with Crippen molar-refractivity contribution in [3.63, 3.8) is 0 Å². The molecule has 1 radical (unpaired) electrons. The number of allylic oxidation sites excluding steroid dienone is 2. The fraction of sp³-hybridized carbons (Fsp3) is 0.200. The maximum Gasteiger partial charge on any atom is 0.280 e. The summed E-state index contributed by atoms with van der Waals surface area (Å²) < 4.78 is 1.86. The summed E-state index contributed by atoms with van der Waals surface area (Å²) in [7, 11) is 0. The predicted molar refractivity (Wildman–Crippen MR) is 59.7 cm³/mol. The molecule has 0 fully saturated rings. The Bertz CT molecular complexity index is 624. The Labute approximate surface area is 90.8 Å². The fourth-order valence-corrected chi connectivity index (χ4v) is 1.90. The molecule has 1 aliphatic carbocycles. The Morgan fingerprint density at radius 1 is 1.56 bits per heavy atom. The van der Waals surface area contributed by atoms with Gasteiger partial charge in [-0.05, 0) is 12.8 Å². The Morgan fingerprint density at radius 3 is 3.19 bits per heavy atom. The smallest absolute Gasteiger partial charge is 0.280 e. The molecule has 0 amide bonds. The van der Waals surface area contributed by atoms with Crippen LogP contribution in [-0.2, 0) is 0 Å². The van der Waals surface area contributed by atoms with Crippen LogP contribution in [-0.4, -0.2) is 19.5 Å². The SMILES string of the molecule is Nc1nc2c(ncn2C2C=C[CH]C2)c(=O)[nH]1. The summed E-state index contributed by atoms with van der Waals surface area (Å²) in [4.78, 5) is 22.2. The number of rotatable bonds is 1. The van der Waals surface area contributed by atoms with Crippen LogP contribution in [0.4, 0.5) is 5.95 Å². The van der Waals surface area contributed by atoms with Crippen LogP contribution >= 0.6 is 0 Å². The summed E-state index contributed by atoms with van der Waals surface area (Å²) in [6, 6.07) is 0.179. The van der Waals surface area contributed by atoms with Gasteiger partial charge in [-0.15, -0.1) is 0 Å². The molecule has 3 rings (SSSR count). The molecule has 3 N–H and O–H groups in total. The van der Waals surface area contributed by atoms with Crippen molar-refractivity contribution < 1.29 is 0 Å². The topological polar surface area (TPSA) is 89.6 Å². The van der Waals surface area contributed by atoms with Crippen molar-refractivity contribution >= 4 is 17.1 Å². The molecule has 0 spiro atoms. The largest absolute Gasteiger partial charge is 0.369 e. The Morgan fingerprint density at radius 2 is 2.44 bits per heavy atom. The lowest BCUT2D eigenvalue weighted by atomic mass is 10.2. The number of fused-ring (bicyclic) bond motifs is 1. The number of hydrogen-bond acceptors (Lipinski definition) is 4. The Balaban J connectivity index is 2.26. The minimum Gasteiger partial charge on any atom is -0.369 e. The highest BCUT2D eigenvalue weighted by Gasteiger charge is 2.16. The van der Waals surface area contributed by atoms with Gasteiger partial charge in [0.25, 0.3) is 5.56 Å². The average molecular weight is 216 g/mol. The van der Waals surface area contributed by atoms with Crippen molar-refractivity contribution in [1.29, 1.82) is 0 Å². The van der Waals surface area contributed by atoms with Gasteiger partial charge < -0.3 is 10.3 Å². The van der Waals surface area contributed by atoms with E-state index >= 15 is 0 Å². The third kappa shape index (κ3) is 1.23. The van der Waals surface area contributed by atoms with E-state index in [0.717, 1.165) is 6.42 Å². The van der Waals surface area contributed by atoms with Gasteiger partial charge in [0, 0.05) is 0 Å². The second-order valence-electron chi connectivity index (χ2n) is 3.70. The minimum absolute atomic E-state index is 0.116. The van der Waals surface area contributed by atoms with E-state index in [1.165, 1.54) is 0 Å². The van der Waals surface area contributed by atoms with Crippen LogP contribution in [0.3, 0.4) is 0 Å². The van der Waals surface area contributed by atoms with E-state index in [2.05, 4.69) is 21.4 Å². The number of imidazole rings is 1. The summed E-state index contributed by atoms with van der Waals surface area (Å²) in [5.74, 6) is 0.116. The summed E-state index contributed by atoms with van der Waals surface area (Å²) >= 11 is 0. The number of nitrogen functional groups attached to an aromatic ring is 1. The van der Waals surface area contributed by atoms with E-state index in [1.807, 2.05) is 16.7 Å². The van der Waals surface area contributed by atoms with Gasteiger partial charge in [0.1, 0.15) is 0 Å². The zero-order valence-electron chi connectivity index (χ0n) is 8.42. The third-order valence-corrected chi connectivity index (χ3v) is 2.65. The van der Waals surface area contributed by atoms with Gasteiger partial charge in [0.2, 0.25) is 5.95 Å². The highest BCUT2D eigenvalue weighted by Crippen LogP contribution is 2.24. The molecule has 1 unspecified atom stereocenters. The number of anilines is 1. The first-order valence-corrected chi connectivity index (χ1v) is 4.98. The zero-order chi connectivity index (χ0) is 11.1. The van der Waals surface area contributed by atoms with Crippen LogP contribution in [0, 0.1) is 6.42 Å². The molecule has 2 heterocycles. The van der Waals surface area contributed by atoms with Crippen LogP contribution in [0.5, 0.6) is 0 Å². The molecular formula is C10H10N5O. The predicted octanol–water partition coefficient (Wildman–Crippen LogP) is 0.407. The normalized spacial score (nSPS) is 19.6. The number of aromatic amines is 1. The van der Waals surface area contributed by atoms with Crippen molar-refractivity contribution in [2.75, 3.05) is 5.73 Å². The molecule has 0 aliphatic heterocycles. The number of nitrogens with two attached hydrogens (primary N) is 1. The standard InChI is InChI=1S/C10H10N5O/c11-10-13-8-7(9(16)14-10)12-5-15(8)6-3-1-2-4-6/h1-3,5-6H,4H2,(H3,11,13,14,16). The number of nitrogens with zero attached hydrogens (tertiary/aromatic N) is 3. The first-order chi connectivity index (χ1) is 7.75. The van der Waals surface area contributed by atoms with Crippen molar-refractivity contribution in [2.45, 2.75) is 12.5 Å². The van der Waals surface area contributed by atoms with E-state index in [-0.39, 0.29) is 17.5 Å². The van der Waals surface area contributed by atoms with Gasteiger partial charge in [-0.2, -0.15) is 4.98 Å². The van der Waals surface area contributed by atoms with Crippen molar-refractivity contribution in [2.24, 2.45) is 0 Å². The first-order valence-electron chi connectivity index (χ1n) is 4.98. The Kier molecular flexibility index (Phi) is 1.82. The average Bonchev–Trinajstić information content (AvgIpc) is 2.83. The molecule has 0 bridgehead atoms. The van der Waals surface area contributed by atoms with Gasteiger partial charge in [-0.3, -0.25) is 9.78 Å². The summed E-state index contributed by atoms with van der Waals surface area (Å²) in [6.45, 7) is 0. The molecule has 1 atom stereocenters. The molecule has 81 valence electrons. The third-order valence-electron chi connectivity index (χ3n) is 2.65. The van der Waals surface area contributed by atoms with Gasteiger partial charge >= 0.3 is 0 Å². The van der Waals surface area contributed by atoms with E-state index in [9.17, 15) is 4.79 Å². The van der Waals surface area contributed by atoms with Crippen molar-refractivity contribution in [3.05, 3.63) is 35.3 Å². The van der Waals surface area contributed by atoms with Gasteiger partial charge in [0.05, 0.1) is 12.4 Å². The van der Waals surface area contributed by atoms with Crippen LogP contribution < -0.4 is 11.3 Å². The molecule has 0 saturated carbocycles. The highest BCUT2D eigenvalue weighted by atomic mass is 16.1. The minimum atomic E-state index is -0.299. The summed E-state index contributed by atoms with van der Waals surface area (Å²) in [5.41, 5.74) is 6.08. The maximum atomic E-state index is 11.6. The highest BCUT2D eigenvalue weighted by molar-refractivity contribution is 5.70. The van der Waals surface area contributed by atoms with Crippen molar-refractivity contribution in [3.8, 4) is 0 Å². The van der Waals surface area contributed by atoms with Gasteiger partial charge in [0.15, 0.2) is 11.2 Å². The van der Waals surface area contributed by atoms with Crippen molar-refractivity contribution in [1.82, 2.24) is 19.5 Å². The molecule has 6 nitrogen and oxygen atoms in total. The lowest BCUT2D eigenvalue weighted by Crippen LogP contribution is -2.13. The van der Waals surface area contributed by atoms with Gasteiger partial charge in [-0.25, -0.2) is 4.98 Å². The van der Waals surface area contributed by atoms with E-state index in [4.69, 9.17) is 5.73 Å². The number of hydrogen-bond donors (Lipinski definition) is 2. The van der Waals surface area contributed by atoms with Crippen LogP contribution in [0.2, 0.25) is 0 Å². The second-order valence-corrected chi connectivity index (χ2v) is 3.70. The number of nitrogens with one attached hydrogen (secondary N) is 1. The number of aromatic nitrogens is 4. The molecule has 16 heavy (non-hydrogen) atoms. The number of H-pyrrole nitrogens is 1. The molecular weight excluding hydrogens is 206 g/mol. The first kappa shape index (κ1) is 9.14. The zero-order valence-corrected chi connectivity index (χ0v) is 8.42. The molecule has 2 aromatic rings. The van der Waals surface area contributed by atoms with Crippen LogP contribution in [0.15, 0.2) is 23.3 Å². The maximum absolute atomic E-state index is 11.6. The lowest BCUT2D eigenvalue weighted by Gasteiger charge is -2.09. The fourth-order valence-electron chi connectivity index (χ4n) is 1.90. The molecule has 2 aromatic heterocycles. The van der Waals surface area contributed by atoms with E-state index in [0.29, 0.717) is 11.2 Å². The summed E-state index contributed by atoms with van der Waals surface area (Å²) in [6.07, 6.45) is 8.61. The summed E-state index contributed by atoms with van der Waals surface area (Å²) in [5, 5.41) is 0. The molecule has 6 heteroatoms. The van der Waals surface area contributed by atoms with E-state index in [1.54, 1.807) is 6.33 Å². The van der Waals surface area contributed by atoms with Crippen LogP contribution in [0.25, 0.3) is 11.2 Å². The van der Waals surface area contributed by atoms with Gasteiger partial charge in [-0.1, -0.05) is 12.2 Å². The quantitative estimate of drug-likeness (QED) is 0.722. The van der Waals surface area contributed by atoms with Crippen LogP contribution in [0.1, 0.15) is 12.5 Å². The molecule has 1 aliphatic rings. The Hall–Kier alpha value is -2.11.